The van der Waals surface area contributed by atoms with Gasteiger partial charge < -0.3 is 4.74 Å². The molecule has 0 unspecified atom stereocenters. The van der Waals surface area contributed by atoms with Gasteiger partial charge in [-0.25, -0.2) is 4.79 Å². The van der Waals surface area contributed by atoms with E-state index in [2.05, 4.69) is 4.74 Å². The number of carbonyl (C=O) groups excluding carboxylic acids is 3. The van der Waals surface area contributed by atoms with Crippen molar-refractivity contribution in [2.45, 2.75) is 32.8 Å². The number of hydrogen-bond donors (Lipinski definition) is 0. The number of rotatable bonds is 4. The summed E-state index contributed by atoms with van der Waals surface area (Å²) in [5, 5.41) is -1.23. The van der Waals surface area contributed by atoms with Gasteiger partial charge in [0.25, 0.3) is 0 Å². The highest BCUT2D eigenvalue weighted by Gasteiger charge is 2.32. The molecule has 0 saturated heterocycles. The van der Waals surface area contributed by atoms with Gasteiger partial charge in [-0.3, -0.25) is 9.59 Å². The van der Waals surface area contributed by atoms with E-state index in [9.17, 15) is 14.4 Å². The van der Waals surface area contributed by atoms with Crippen LogP contribution in [0.3, 0.4) is 0 Å². The molecule has 0 N–H and O–H groups in total. The van der Waals surface area contributed by atoms with Crippen LogP contribution in [0.5, 0.6) is 0 Å². The van der Waals surface area contributed by atoms with Crippen molar-refractivity contribution >= 4 is 28.6 Å². The molecule has 0 fully saturated rings. The average molecular weight is 207 g/mol. The van der Waals surface area contributed by atoms with Crippen molar-refractivity contribution in [3.8, 4) is 0 Å². The molecule has 0 aliphatic rings. The third-order valence-corrected chi connectivity index (χ3v) is 1.66. The van der Waals surface area contributed by atoms with Crippen LogP contribution in [0.1, 0.15) is 27.2 Å². The maximum Gasteiger partial charge on any atom is 0.392 e. The van der Waals surface area contributed by atoms with Crippen LogP contribution in [0.25, 0.3) is 0 Å². The first-order valence-electron chi connectivity index (χ1n) is 3.77. The van der Waals surface area contributed by atoms with Crippen LogP contribution in [0, 0.1) is 0 Å². The van der Waals surface area contributed by atoms with Crippen LogP contribution in [-0.4, -0.2) is 22.6 Å². The predicted octanol–water partition coefficient (Wildman–Crippen LogP) is 1.05. The van der Waals surface area contributed by atoms with Crippen molar-refractivity contribution < 1.29 is 19.1 Å². The van der Waals surface area contributed by atoms with E-state index in [1.807, 2.05) is 0 Å². The Labute approximate surface area is 81.2 Å². The molecule has 0 heterocycles. The Bertz CT molecular complexity index is 245. The van der Waals surface area contributed by atoms with Crippen molar-refractivity contribution in [3.63, 3.8) is 0 Å². The lowest BCUT2D eigenvalue weighted by atomic mass is 10.0. The van der Waals surface area contributed by atoms with E-state index in [1.54, 1.807) is 6.92 Å². The van der Waals surface area contributed by atoms with Crippen LogP contribution < -0.4 is 0 Å². The lowest BCUT2D eigenvalue weighted by Crippen LogP contribution is -2.38. The zero-order chi connectivity index (χ0) is 10.6. The molecule has 0 atom stereocenters. The second-order valence-corrected chi connectivity index (χ2v) is 3.29. The van der Waals surface area contributed by atoms with Crippen LogP contribution in [0.15, 0.2) is 0 Å². The van der Waals surface area contributed by atoms with Crippen molar-refractivity contribution in [3.05, 3.63) is 0 Å². The Morgan fingerprint density at radius 2 is 1.77 bits per heavy atom. The molecule has 0 bridgehead atoms. The molecule has 0 aromatic rings. The SMILES string of the molecule is CCC(=O)C(C)(C)OC(=O)C(=O)Cl. The Kier molecular flexibility index (Phi) is 4.07. The number of Topliss-reactive ketones (excluding diaryl/α,β-unsaturated/α-hetero) is 1. The molecular weight excluding hydrogens is 196 g/mol. The van der Waals surface area contributed by atoms with Gasteiger partial charge in [0.2, 0.25) is 0 Å². The van der Waals surface area contributed by atoms with Crippen molar-refractivity contribution in [2.75, 3.05) is 0 Å². The van der Waals surface area contributed by atoms with E-state index >= 15 is 0 Å². The zero-order valence-electron chi connectivity index (χ0n) is 7.72. The summed E-state index contributed by atoms with van der Waals surface area (Å²) in [6.45, 7) is 4.47. The van der Waals surface area contributed by atoms with E-state index in [4.69, 9.17) is 11.6 Å². The van der Waals surface area contributed by atoms with Gasteiger partial charge in [-0.1, -0.05) is 6.92 Å². The first-order chi connectivity index (χ1) is 5.81. The van der Waals surface area contributed by atoms with E-state index < -0.39 is 16.8 Å². The topological polar surface area (TPSA) is 60.4 Å². The third kappa shape index (κ3) is 3.55. The molecule has 0 amide bonds. The fourth-order valence-corrected chi connectivity index (χ4v) is 0.793. The summed E-state index contributed by atoms with van der Waals surface area (Å²) in [7, 11) is 0. The normalized spacial score (nSPS) is 10.8. The largest absolute Gasteiger partial charge is 0.445 e. The van der Waals surface area contributed by atoms with Gasteiger partial charge >= 0.3 is 11.2 Å². The minimum absolute atomic E-state index is 0.233. The summed E-state index contributed by atoms with van der Waals surface area (Å²) in [6.07, 6.45) is 0.233. The summed E-state index contributed by atoms with van der Waals surface area (Å²) < 4.78 is 4.58. The minimum Gasteiger partial charge on any atom is -0.445 e. The highest BCUT2D eigenvalue weighted by molar-refractivity contribution is 6.80. The van der Waals surface area contributed by atoms with Crippen molar-refractivity contribution in [1.29, 1.82) is 0 Å². The molecule has 0 aliphatic carbocycles. The minimum atomic E-state index is -1.28. The molecule has 0 aromatic carbocycles. The quantitative estimate of drug-likeness (QED) is 0.392. The maximum absolute atomic E-state index is 11.2. The van der Waals surface area contributed by atoms with E-state index in [1.165, 1.54) is 13.8 Å². The molecular formula is C8H11ClO4. The van der Waals surface area contributed by atoms with Crippen LogP contribution in [0.2, 0.25) is 0 Å². The van der Waals surface area contributed by atoms with Crippen LogP contribution in [0.4, 0.5) is 0 Å². The molecule has 13 heavy (non-hydrogen) atoms. The molecule has 5 heteroatoms. The van der Waals surface area contributed by atoms with Gasteiger partial charge in [0.15, 0.2) is 11.4 Å². The highest BCUT2D eigenvalue weighted by Crippen LogP contribution is 2.13. The number of hydrogen-bond acceptors (Lipinski definition) is 4. The van der Waals surface area contributed by atoms with Crippen molar-refractivity contribution in [2.24, 2.45) is 0 Å². The Hall–Kier alpha value is -0.900. The second kappa shape index (κ2) is 4.37. The molecule has 0 spiro atoms. The number of carbonyl (C=O) groups is 3. The predicted molar refractivity (Wildman–Crippen MR) is 46.3 cm³/mol. The first-order valence-corrected chi connectivity index (χ1v) is 4.15. The number of ketones is 1. The second-order valence-electron chi connectivity index (χ2n) is 2.95. The average Bonchev–Trinajstić information content (AvgIpc) is 2.01. The van der Waals surface area contributed by atoms with Gasteiger partial charge in [0, 0.05) is 6.42 Å². The Morgan fingerprint density at radius 1 is 1.31 bits per heavy atom. The van der Waals surface area contributed by atoms with Crippen LogP contribution in [-0.2, 0) is 19.1 Å². The number of halogens is 1. The zero-order valence-corrected chi connectivity index (χ0v) is 8.47. The van der Waals surface area contributed by atoms with Gasteiger partial charge in [-0.15, -0.1) is 0 Å². The summed E-state index contributed by atoms with van der Waals surface area (Å²) in [5.74, 6) is -1.47. The van der Waals surface area contributed by atoms with Crippen molar-refractivity contribution in [1.82, 2.24) is 0 Å². The summed E-state index contributed by atoms with van der Waals surface area (Å²) >= 11 is 4.86. The van der Waals surface area contributed by atoms with E-state index in [0.29, 0.717) is 0 Å². The summed E-state index contributed by atoms with van der Waals surface area (Å²) in [5.41, 5.74) is -1.28. The van der Waals surface area contributed by atoms with Gasteiger partial charge in [-0.05, 0) is 25.4 Å². The molecule has 0 radical (unpaired) electrons. The fraction of sp³-hybridized carbons (Fsp3) is 0.625. The van der Waals surface area contributed by atoms with E-state index in [0.717, 1.165) is 0 Å². The van der Waals surface area contributed by atoms with Gasteiger partial charge in [0.05, 0.1) is 0 Å². The molecule has 4 nitrogen and oxygen atoms in total. The van der Waals surface area contributed by atoms with Gasteiger partial charge in [-0.2, -0.15) is 0 Å². The summed E-state index contributed by atoms with van der Waals surface area (Å²) in [6, 6.07) is 0. The highest BCUT2D eigenvalue weighted by atomic mass is 35.5. The summed E-state index contributed by atoms with van der Waals surface area (Å²) in [4.78, 5) is 32.2. The maximum atomic E-state index is 11.2. The van der Waals surface area contributed by atoms with E-state index in [-0.39, 0.29) is 12.2 Å². The number of esters is 1. The van der Waals surface area contributed by atoms with Crippen LogP contribution >= 0.6 is 11.6 Å². The molecule has 0 aliphatic heterocycles. The van der Waals surface area contributed by atoms with Gasteiger partial charge in [0.1, 0.15) is 0 Å². The fourth-order valence-electron chi connectivity index (χ4n) is 0.755. The lowest BCUT2D eigenvalue weighted by molar-refractivity contribution is -0.165. The molecule has 0 rings (SSSR count). The standard InChI is InChI=1S/C8H11ClO4/c1-4-5(10)8(2,3)13-7(12)6(9)11/h4H2,1-3H3. The molecule has 74 valence electrons. The Morgan fingerprint density at radius 3 is 2.08 bits per heavy atom. The molecule has 0 saturated carbocycles. The lowest BCUT2D eigenvalue weighted by Gasteiger charge is -2.21. The Balaban J connectivity index is 4.42. The number of ether oxygens (including phenoxy) is 1. The monoisotopic (exact) mass is 206 g/mol. The first kappa shape index (κ1) is 12.1. The smallest absolute Gasteiger partial charge is 0.392 e. The molecule has 0 aromatic heterocycles. The third-order valence-electron chi connectivity index (χ3n) is 1.50.